The Morgan fingerprint density at radius 1 is 1.04 bits per heavy atom. The number of rotatable bonds is 6. The van der Waals surface area contributed by atoms with Crippen molar-refractivity contribution in [3.63, 3.8) is 0 Å². The van der Waals surface area contributed by atoms with Crippen LogP contribution in [0.25, 0.3) is 0 Å². The number of Topliss-reactive ketones (excluding diaryl/α,β-unsaturated/α-hetero) is 1. The molecule has 0 unspecified atom stereocenters. The van der Waals surface area contributed by atoms with Gasteiger partial charge in [0, 0.05) is 38.2 Å². The number of aliphatic carboxylic acids is 1. The number of carbonyl (C=O) groups is 2. The Morgan fingerprint density at radius 2 is 1.65 bits per heavy atom. The van der Waals surface area contributed by atoms with Gasteiger partial charge in [0.15, 0.2) is 5.78 Å². The zero-order valence-corrected chi connectivity index (χ0v) is 15.7. The molecule has 1 heterocycles. The highest BCUT2D eigenvalue weighted by atomic mass is 16.4. The van der Waals surface area contributed by atoms with E-state index in [4.69, 9.17) is 0 Å². The lowest BCUT2D eigenvalue weighted by atomic mass is 9.84. The predicted molar refractivity (Wildman–Crippen MR) is 102 cm³/mol. The van der Waals surface area contributed by atoms with Gasteiger partial charge in [-0.25, -0.2) is 0 Å². The summed E-state index contributed by atoms with van der Waals surface area (Å²) < 4.78 is 0. The first-order valence-corrected chi connectivity index (χ1v) is 9.83. The fraction of sp³-hybridized carbons (Fsp3) is 0.619. The van der Waals surface area contributed by atoms with Crippen LogP contribution in [-0.4, -0.2) is 65.9 Å². The van der Waals surface area contributed by atoms with E-state index in [-0.39, 0.29) is 12.2 Å². The van der Waals surface area contributed by atoms with Crippen LogP contribution in [0.2, 0.25) is 0 Å². The predicted octanol–water partition coefficient (Wildman–Crippen LogP) is 3.01. The molecule has 1 atom stereocenters. The number of nitrogens with zero attached hydrogens (tertiary/aromatic N) is 2. The molecule has 5 heteroatoms. The van der Waals surface area contributed by atoms with E-state index in [1.807, 2.05) is 24.1 Å². The van der Waals surface area contributed by atoms with Crippen LogP contribution in [0, 0.1) is 0 Å². The van der Waals surface area contributed by atoms with Crippen LogP contribution >= 0.6 is 0 Å². The fourth-order valence-electron chi connectivity index (χ4n) is 4.18. The first-order valence-electron chi connectivity index (χ1n) is 9.83. The average Bonchev–Trinajstić information content (AvgIpc) is 2.67. The van der Waals surface area contributed by atoms with Crippen molar-refractivity contribution >= 4 is 11.8 Å². The fourth-order valence-corrected chi connectivity index (χ4v) is 4.18. The molecule has 1 saturated heterocycles. The minimum atomic E-state index is -0.901. The number of likely N-dealkylation sites (N-methyl/N-ethyl adjacent to an activating group) is 1. The number of hydrogen-bond acceptors (Lipinski definition) is 4. The molecule has 3 rings (SSSR count). The molecule has 2 fully saturated rings. The van der Waals surface area contributed by atoms with Gasteiger partial charge in [-0.3, -0.25) is 14.5 Å². The van der Waals surface area contributed by atoms with Gasteiger partial charge in [-0.1, -0.05) is 43.5 Å². The number of carboxylic acids is 1. The largest absolute Gasteiger partial charge is 0.480 e. The van der Waals surface area contributed by atoms with Gasteiger partial charge in [0.05, 0.1) is 0 Å². The van der Waals surface area contributed by atoms with Gasteiger partial charge in [-0.15, -0.1) is 0 Å². The van der Waals surface area contributed by atoms with Gasteiger partial charge >= 0.3 is 5.97 Å². The molecule has 142 valence electrons. The second kappa shape index (κ2) is 8.78. The third-order valence-electron chi connectivity index (χ3n) is 5.95. The number of benzene rings is 1. The molecule has 0 bridgehead atoms. The maximum Gasteiger partial charge on any atom is 0.321 e. The maximum atomic E-state index is 12.7. The average molecular weight is 358 g/mol. The second-order valence-corrected chi connectivity index (χ2v) is 7.78. The Hall–Kier alpha value is -1.72. The molecule has 5 nitrogen and oxygen atoms in total. The van der Waals surface area contributed by atoms with Crippen LogP contribution in [0.15, 0.2) is 24.3 Å². The Kier molecular flexibility index (Phi) is 6.43. The molecule has 1 aromatic carbocycles. The van der Waals surface area contributed by atoms with E-state index in [0.717, 1.165) is 13.1 Å². The highest BCUT2D eigenvalue weighted by Crippen LogP contribution is 2.32. The third-order valence-corrected chi connectivity index (χ3v) is 5.95. The van der Waals surface area contributed by atoms with Gasteiger partial charge in [0.1, 0.15) is 6.04 Å². The van der Waals surface area contributed by atoms with Gasteiger partial charge in [-0.05, 0) is 31.4 Å². The van der Waals surface area contributed by atoms with E-state index in [1.54, 1.807) is 0 Å². The van der Waals surface area contributed by atoms with Crippen molar-refractivity contribution < 1.29 is 14.7 Å². The van der Waals surface area contributed by atoms with Crippen molar-refractivity contribution in [2.75, 3.05) is 33.2 Å². The summed E-state index contributed by atoms with van der Waals surface area (Å²) in [7, 11) is 2.03. The minimum absolute atomic E-state index is 0.0435. The Labute approximate surface area is 156 Å². The Morgan fingerprint density at radius 3 is 2.23 bits per heavy atom. The molecule has 1 aliphatic heterocycles. The summed E-state index contributed by atoms with van der Waals surface area (Å²) in [6.07, 6.45) is 6.42. The normalized spacial score (nSPS) is 21.4. The first kappa shape index (κ1) is 19.1. The second-order valence-electron chi connectivity index (χ2n) is 7.78. The van der Waals surface area contributed by atoms with Crippen molar-refractivity contribution in [2.45, 2.75) is 50.5 Å². The van der Waals surface area contributed by atoms with Gasteiger partial charge < -0.3 is 10.0 Å². The molecular formula is C21H30N2O3. The van der Waals surface area contributed by atoms with E-state index in [2.05, 4.69) is 17.0 Å². The van der Waals surface area contributed by atoms with Crippen molar-refractivity contribution in [1.29, 1.82) is 0 Å². The number of carbonyl (C=O) groups excluding carboxylic acids is 1. The van der Waals surface area contributed by atoms with Crippen LogP contribution in [0.4, 0.5) is 0 Å². The van der Waals surface area contributed by atoms with Crippen molar-refractivity contribution in [3.05, 3.63) is 35.4 Å². The molecule has 0 spiro atoms. The van der Waals surface area contributed by atoms with Gasteiger partial charge in [0.25, 0.3) is 0 Å². The third kappa shape index (κ3) is 4.71. The lowest BCUT2D eigenvalue weighted by molar-refractivity contribution is -0.143. The summed E-state index contributed by atoms with van der Waals surface area (Å²) in [4.78, 5) is 28.5. The summed E-state index contributed by atoms with van der Waals surface area (Å²) in [5.41, 5.74) is 1.94. The van der Waals surface area contributed by atoms with Gasteiger partial charge in [0.2, 0.25) is 0 Å². The Bertz CT molecular complexity index is 615. The molecule has 0 amide bonds. The van der Waals surface area contributed by atoms with E-state index < -0.39 is 12.0 Å². The number of ketones is 1. The summed E-state index contributed by atoms with van der Waals surface area (Å²) in [5, 5.41) is 9.59. The Balaban J connectivity index is 1.62. The smallest absolute Gasteiger partial charge is 0.321 e. The molecular weight excluding hydrogens is 328 g/mol. The van der Waals surface area contributed by atoms with Crippen LogP contribution < -0.4 is 0 Å². The lowest BCUT2D eigenvalue weighted by Crippen LogP contribution is -2.52. The van der Waals surface area contributed by atoms with Crippen molar-refractivity contribution in [3.8, 4) is 0 Å². The number of carboxylic acid groups (broad SMARTS) is 1. The summed E-state index contributed by atoms with van der Waals surface area (Å²) in [6, 6.07) is 7.17. The number of piperazine rings is 1. The standard InChI is InChI=1S/C21H30N2O3/c1-22-11-13-23(14-12-22)19(21(25)26)15-20(24)18-9-7-17(8-10-18)16-5-3-2-4-6-16/h7-10,16,19H,2-6,11-15H2,1H3,(H,25,26)/t19-/m1/s1. The maximum absolute atomic E-state index is 12.7. The molecule has 1 aromatic rings. The first-order chi connectivity index (χ1) is 12.5. The SMILES string of the molecule is CN1CCN([C@H](CC(=O)c2ccc(C3CCCCC3)cc2)C(=O)O)CC1. The van der Waals surface area contributed by atoms with Crippen LogP contribution in [0.1, 0.15) is 60.4 Å². The summed E-state index contributed by atoms with van der Waals surface area (Å²) in [6.45, 7) is 3.07. The topological polar surface area (TPSA) is 60.9 Å². The zero-order valence-electron chi connectivity index (χ0n) is 15.7. The highest BCUT2D eigenvalue weighted by Gasteiger charge is 2.30. The molecule has 0 aromatic heterocycles. The number of hydrogen-bond donors (Lipinski definition) is 1. The molecule has 0 radical (unpaired) electrons. The zero-order chi connectivity index (χ0) is 18.5. The van der Waals surface area contributed by atoms with Crippen LogP contribution in [0.5, 0.6) is 0 Å². The molecule has 2 aliphatic rings. The van der Waals surface area contributed by atoms with Crippen LogP contribution in [-0.2, 0) is 4.79 Å². The molecule has 1 N–H and O–H groups in total. The van der Waals surface area contributed by atoms with E-state index >= 15 is 0 Å². The quantitative estimate of drug-likeness (QED) is 0.792. The minimum Gasteiger partial charge on any atom is -0.480 e. The highest BCUT2D eigenvalue weighted by molar-refractivity contribution is 5.98. The monoisotopic (exact) mass is 358 g/mol. The van der Waals surface area contributed by atoms with E-state index in [9.17, 15) is 14.7 Å². The van der Waals surface area contributed by atoms with Crippen LogP contribution in [0.3, 0.4) is 0 Å². The molecule has 1 saturated carbocycles. The summed E-state index contributed by atoms with van der Waals surface area (Å²) in [5.74, 6) is -0.363. The van der Waals surface area contributed by atoms with Crippen molar-refractivity contribution in [2.24, 2.45) is 0 Å². The van der Waals surface area contributed by atoms with Gasteiger partial charge in [-0.2, -0.15) is 0 Å². The summed E-state index contributed by atoms with van der Waals surface area (Å²) >= 11 is 0. The van der Waals surface area contributed by atoms with E-state index in [1.165, 1.54) is 37.7 Å². The molecule has 1 aliphatic carbocycles. The van der Waals surface area contributed by atoms with Crippen molar-refractivity contribution in [1.82, 2.24) is 9.80 Å². The van der Waals surface area contributed by atoms with E-state index in [0.29, 0.717) is 24.6 Å². The lowest BCUT2D eigenvalue weighted by Gasteiger charge is -2.35. The molecule has 26 heavy (non-hydrogen) atoms.